The van der Waals surface area contributed by atoms with Crippen LogP contribution < -0.4 is 22.9 Å². The molecule has 13 heteroatoms. The zero-order chi connectivity index (χ0) is 28.6. The summed E-state index contributed by atoms with van der Waals surface area (Å²) in [5.41, 5.74) is 21.6. The van der Waals surface area contributed by atoms with Crippen LogP contribution in [-0.4, -0.2) is 57.8 Å². The number of guanidine groups is 1. The maximum absolute atomic E-state index is 10.2. The number of benzene rings is 1. The first-order valence-corrected chi connectivity index (χ1v) is 11.3. The van der Waals surface area contributed by atoms with Crippen LogP contribution in [-0.2, 0) is 20.9 Å². The first kappa shape index (κ1) is 35.1. The third-order valence-corrected chi connectivity index (χ3v) is 4.05. The summed E-state index contributed by atoms with van der Waals surface area (Å²) in [6.45, 7) is 6.60. The molecule has 37 heavy (non-hydrogen) atoms. The zero-order valence-electron chi connectivity index (χ0n) is 21.5. The Hall–Kier alpha value is -4.06. The van der Waals surface area contributed by atoms with E-state index in [9.17, 15) is 14.4 Å². The summed E-state index contributed by atoms with van der Waals surface area (Å²) in [7, 11) is 0. The summed E-state index contributed by atoms with van der Waals surface area (Å²) in [5, 5.41) is 16.7. The van der Waals surface area contributed by atoms with E-state index in [0.29, 0.717) is 38.3 Å². The van der Waals surface area contributed by atoms with Crippen LogP contribution in [0.2, 0.25) is 0 Å². The summed E-state index contributed by atoms with van der Waals surface area (Å²) in [6.07, 6.45) is 6.08. The fraction of sp³-hybridized carbons (Fsp3) is 0.458. The summed E-state index contributed by atoms with van der Waals surface area (Å²) in [5.74, 6) is -0.687. The lowest BCUT2D eigenvalue weighted by Crippen LogP contribution is -2.31. The number of hydrogen-bond acceptors (Lipinski definition) is 9. The second kappa shape index (κ2) is 22.4. The van der Waals surface area contributed by atoms with Crippen molar-refractivity contribution in [1.29, 1.82) is 0 Å². The van der Waals surface area contributed by atoms with Gasteiger partial charge in [0.05, 0.1) is 12.7 Å². The number of nitrogens with two attached hydrogens (primary N) is 4. The van der Waals surface area contributed by atoms with Crippen LogP contribution in [0.3, 0.4) is 0 Å². The van der Waals surface area contributed by atoms with E-state index in [1.54, 1.807) is 6.20 Å². The van der Waals surface area contributed by atoms with Crippen molar-refractivity contribution in [2.75, 3.05) is 6.54 Å². The Labute approximate surface area is 216 Å². The number of hydrogen-bond donors (Lipinski definition) is 6. The number of carboxylic acid groups (broad SMARTS) is 2. The fourth-order valence-corrected chi connectivity index (χ4v) is 2.24. The number of oxazole rings is 1. The van der Waals surface area contributed by atoms with Crippen LogP contribution in [0.4, 0.5) is 0 Å². The highest BCUT2D eigenvalue weighted by atomic mass is 16.4. The molecule has 2 rings (SSSR count). The third kappa shape index (κ3) is 24.9. The molecule has 0 aliphatic heterocycles. The van der Waals surface area contributed by atoms with Gasteiger partial charge in [0.1, 0.15) is 17.8 Å². The van der Waals surface area contributed by atoms with E-state index < -0.39 is 24.0 Å². The molecule has 0 saturated heterocycles. The Morgan fingerprint density at radius 3 is 2.03 bits per heavy atom. The van der Waals surface area contributed by atoms with Gasteiger partial charge in [0, 0.05) is 6.54 Å². The second-order valence-electron chi connectivity index (χ2n) is 7.97. The zero-order valence-corrected chi connectivity index (χ0v) is 21.5. The predicted octanol–water partition coefficient (Wildman–Crippen LogP) is 1.40. The van der Waals surface area contributed by atoms with Crippen molar-refractivity contribution in [2.45, 2.75) is 58.7 Å². The molecule has 0 spiro atoms. The van der Waals surface area contributed by atoms with E-state index in [-0.39, 0.29) is 5.96 Å². The predicted molar refractivity (Wildman–Crippen MR) is 140 cm³/mol. The minimum absolute atomic E-state index is 0.0129. The van der Waals surface area contributed by atoms with Crippen LogP contribution >= 0.6 is 0 Å². The summed E-state index contributed by atoms with van der Waals surface area (Å²) in [4.78, 5) is 40.8. The quantitative estimate of drug-likeness (QED) is 0.113. The van der Waals surface area contributed by atoms with Gasteiger partial charge in [-0.15, -0.1) is 0 Å². The van der Waals surface area contributed by atoms with Crippen LogP contribution in [0.15, 0.2) is 57.3 Å². The molecule has 2 atom stereocenters. The van der Waals surface area contributed by atoms with Gasteiger partial charge in [0.15, 0.2) is 12.4 Å². The fourth-order valence-electron chi connectivity index (χ4n) is 2.24. The van der Waals surface area contributed by atoms with Crippen molar-refractivity contribution in [3.63, 3.8) is 0 Å². The average molecular weight is 522 g/mol. The van der Waals surface area contributed by atoms with Gasteiger partial charge in [-0.25, -0.2) is 14.8 Å². The van der Waals surface area contributed by atoms with Crippen molar-refractivity contribution < 1.29 is 29.0 Å². The third-order valence-electron chi connectivity index (χ3n) is 4.05. The molecular formula is C24H39N7O6. The van der Waals surface area contributed by atoms with Crippen molar-refractivity contribution in [2.24, 2.45) is 38.8 Å². The Morgan fingerprint density at radius 2 is 1.68 bits per heavy atom. The topological polar surface area (TPSA) is 246 Å². The molecule has 0 saturated carbocycles. The van der Waals surface area contributed by atoms with Gasteiger partial charge in [-0.1, -0.05) is 44.2 Å². The minimum Gasteiger partial charge on any atom is -0.480 e. The van der Waals surface area contributed by atoms with Gasteiger partial charge in [-0.3, -0.25) is 14.6 Å². The van der Waals surface area contributed by atoms with Gasteiger partial charge in [0.25, 0.3) is 0 Å². The number of aromatic nitrogens is 1. The molecule has 0 aliphatic carbocycles. The van der Waals surface area contributed by atoms with Gasteiger partial charge >= 0.3 is 11.9 Å². The molecule has 0 bridgehead atoms. The highest BCUT2D eigenvalue weighted by Gasteiger charge is 2.12. The van der Waals surface area contributed by atoms with Crippen molar-refractivity contribution in [3.05, 3.63) is 54.2 Å². The second-order valence-corrected chi connectivity index (χ2v) is 7.97. The van der Waals surface area contributed by atoms with Gasteiger partial charge < -0.3 is 37.6 Å². The summed E-state index contributed by atoms with van der Waals surface area (Å²) >= 11 is 0. The molecule has 1 aromatic heterocycles. The maximum Gasteiger partial charge on any atom is 0.320 e. The number of aliphatic imine (C=N–C) groups is 2. The van der Waals surface area contributed by atoms with E-state index in [1.165, 1.54) is 12.5 Å². The van der Waals surface area contributed by atoms with Crippen molar-refractivity contribution >= 4 is 24.0 Å². The standard InChI is InChI=1S/C8H7NO.C6H14N4O2.C6H13NO2.C4H5NO/c10-7-9-6-8-4-2-1-3-5-8;7-4(5(11)12)2-1-3-10-6(8)9;1-4(2)3-5(7)6(8)9;1-4-2-5-3-6-4/h1-5H,6H2;4H,1-3,7H2,(H,11,12)(H4,8,9,10);4-5H,3,7H2,1-2H3,(H,8,9);2-3H,1H3/t;4-;5-;/m.00./s1. The minimum atomic E-state index is -1.00. The number of aryl methyl sites for hydroxylation is 1. The first-order chi connectivity index (χ1) is 17.4. The molecule has 0 radical (unpaired) electrons. The lowest BCUT2D eigenvalue weighted by atomic mass is 10.1. The smallest absolute Gasteiger partial charge is 0.320 e. The Morgan fingerprint density at radius 1 is 1.08 bits per heavy atom. The molecule has 0 fully saturated rings. The van der Waals surface area contributed by atoms with Crippen LogP contribution in [0.25, 0.3) is 0 Å². The van der Waals surface area contributed by atoms with E-state index >= 15 is 0 Å². The van der Waals surface area contributed by atoms with E-state index in [2.05, 4.69) is 15.0 Å². The van der Waals surface area contributed by atoms with Gasteiger partial charge in [-0.2, -0.15) is 0 Å². The maximum atomic E-state index is 10.2. The molecule has 0 amide bonds. The largest absolute Gasteiger partial charge is 0.480 e. The lowest BCUT2D eigenvalue weighted by molar-refractivity contribution is -0.139. The van der Waals surface area contributed by atoms with E-state index in [1.807, 2.05) is 51.1 Å². The molecule has 0 unspecified atom stereocenters. The summed E-state index contributed by atoms with van der Waals surface area (Å²) in [6, 6.07) is 8.07. The number of nitrogens with zero attached hydrogens (tertiary/aromatic N) is 3. The number of aliphatic carboxylic acids is 2. The number of isocyanates is 1. The first-order valence-electron chi connectivity index (χ1n) is 11.3. The van der Waals surface area contributed by atoms with Gasteiger partial charge in [0.2, 0.25) is 6.08 Å². The number of carboxylic acids is 2. The monoisotopic (exact) mass is 521 g/mol. The van der Waals surface area contributed by atoms with Crippen molar-refractivity contribution in [1.82, 2.24) is 4.98 Å². The number of rotatable bonds is 10. The lowest BCUT2D eigenvalue weighted by Gasteiger charge is -2.07. The Balaban J connectivity index is 0. The summed E-state index contributed by atoms with van der Waals surface area (Å²) < 4.78 is 4.72. The molecule has 0 aliphatic rings. The number of carbonyl (C=O) groups excluding carboxylic acids is 1. The van der Waals surface area contributed by atoms with Crippen LogP contribution in [0, 0.1) is 12.8 Å². The molecular weight excluding hydrogens is 482 g/mol. The average Bonchev–Trinajstić information content (AvgIpc) is 3.32. The number of carbonyl (C=O) groups is 2. The molecule has 13 nitrogen and oxygen atoms in total. The normalized spacial score (nSPS) is 11.0. The molecule has 1 heterocycles. The van der Waals surface area contributed by atoms with Crippen molar-refractivity contribution in [3.8, 4) is 0 Å². The SMILES string of the molecule is CC(C)C[C@H](N)C(=O)O.Cc1cnco1.NC(N)=NCCC[C@H](N)C(=O)O.O=C=NCc1ccccc1. The molecule has 1 aromatic carbocycles. The Kier molecular flexibility index (Phi) is 21.3. The van der Waals surface area contributed by atoms with Gasteiger partial charge in [-0.05, 0) is 37.7 Å². The molecule has 2 aromatic rings. The highest BCUT2D eigenvalue weighted by molar-refractivity contribution is 5.75. The van der Waals surface area contributed by atoms with Crippen LogP contribution in [0.5, 0.6) is 0 Å². The van der Waals surface area contributed by atoms with Crippen LogP contribution in [0.1, 0.15) is 44.4 Å². The molecule has 10 N–H and O–H groups in total. The molecule has 206 valence electrons. The highest BCUT2D eigenvalue weighted by Crippen LogP contribution is 2.01. The van der Waals surface area contributed by atoms with E-state index in [4.69, 9.17) is 37.6 Å². The Bertz CT molecular complexity index is 926. The van der Waals surface area contributed by atoms with E-state index in [0.717, 1.165) is 11.3 Å².